The number of ether oxygens (including phenoxy) is 1. The van der Waals surface area contributed by atoms with Gasteiger partial charge in [0, 0.05) is 92.0 Å². The van der Waals surface area contributed by atoms with E-state index in [0.717, 1.165) is 165 Å². The number of alkyl halides is 3. The molecule has 14 aromatic rings. The Kier molecular flexibility index (Phi) is 21.4. The van der Waals surface area contributed by atoms with Gasteiger partial charge in [-0.15, -0.1) is 23.5 Å². The number of thioether (sulfide) groups is 2. The van der Waals surface area contributed by atoms with Crippen molar-refractivity contribution >= 4 is 145 Å². The highest BCUT2D eigenvalue weighted by Crippen LogP contribution is 2.40. The van der Waals surface area contributed by atoms with E-state index in [9.17, 15) is 28.1 Å². The van der Waals surface area contributed by atoms with Gasteiger partial charge in [0.15, 0.2) is 11.2 Å². The number of nitro groups is 1. The van der Waals surface area contributed by atoms with Gasteiger partial charge in [-0.05, 0) is 154 Å². The maximum atomic E-state index is 13.2. The zero-order valence-corrected chi connectivity index (χ0v) is 61.2. The van der Waals surface area contributed by atoms with E-state index in [1.807, 2.05) is 86.1 Å². The molecule has 4 N–H and O–H groups in total. The number of benzene rings is 5. The fraction of sp³-hybridized carbons (Fsp3) is 0.205. The number of nitrogens with one attached hydrogen (secondary N) is 2. The predicted octanol–water partition coefficient (Wildman–Crippen LogP) is 16.5. The van der Waals surface area contributed by atoms with Crippen LogP contribution < -0.4 is 16.6 Å². The van der Waals surface area contributed by atoms with E-state index in [0.29, 0.717) is 46.0 Å². The van der Waals surface area contributed by atoms with Crippen LogP contribution in [0.5, 0.6) is 0 Å². The molecule has 24 nitrogen and oxygen atoms in total. The molecule has 1 saturated heterocycles. The van der Waals surface area contributed by atoms with Crippen LogP contribution in [-0.4, -0.2) is 110 Å². The van der Waals surface area contributed by atoms with Crippen molar-refractivity contribution < 1.29 is 22.8 Å². The van der Waals surface area contributed by atoms with Crippen LogP contribution in [0.25, 0.3) is 77.3 Å². The number of nitrogens with two attached hydrogens (primary N) is 1. The van der Waals surface area contributed by atoms with Crippen molar-refractivity contribution in [3.63, 3.8) is 0 Å². The minimum Gasteiger partial charge on any atom is -0.397 e. The number of nitrogens with zero attached hydrogens (tertiary/aromatic N) is 17. The molecule has 2 aliphatic heterocycles. The number of halogens is 5. The number of aliphatic imine (C=N–C) groups is 1. The lowest BCUT2D eigenvalue weighted by Gasteiger charge is -2.23. The molecule has 9 aromatic heterocycles. The molecule has 31 heteroatoms. The van der Waals surface area contributed by atoms with Crippen molar-refractivity contribution in [2.24, 2.45) is 4.99 Å². The Labute approximate surface area is 616 Å². The molecule has 0 aliphatic carbocycles. The summed E-state index contributed by atoms with van der Waals surface area (Å²) in [6.07, 6.45) is 20.6. The van der Waals surface area contributed by atoms with Crippen LogP contribution in [0.1, 0.15) is 81.5 Å². The molecule has 0 amide bonds. The van der Waals surface area contributed by atoms with E-state index < -0.39 is 22.2 Å². The topological polar surface area (TPSA) is 321 Å². The van der Waals surface area contributed by atoms with Crippen molar-refractivity contribution in [2.75, 3.05) is 30.2 Å². The number of imidazole rings is 1. The second-order valence-electron chi connectivity index (χ2n) is 24.0. The molecule has 11 heterocycles. The van der Waals surface area contributed by atoms with Crippen LogP contribution in [0, 0.1) is 37.8 Å². The predicted molar refractivity (Wildman–Crippen MR) is 405 cm³/mol. The average Bonchev–Trinajstić information content (AvgIpc) is 1.70. The van der Waals surface area contributed by atoms with Crippen LogP contribution in [0.4, 0.5) is 41.7 Å². The highest BCUT2D eigenvalue weighted by molar-refractivity contribution is 9.10. The molecular weight excluding hydrogens is 1500 g/mol. The Morgan fingerprint density at radius 2 is 1.29 bits per heavy atom. The van der Waals surface area contributed by atoms with Crippen LogP contribution in [-0.2, 0) is 30.2 Å². The molecular formula is C73H61Br2F3N20O4S2. The number of hydrogen-bond acceptors (Lipinski definition) is 23. The lowest BCUT2D eigenvalue weighted by atomic mass is 9.96. The summed E-state index contributed by atoms with van der Waals surface area (Å²) >= 11 is 9.89. The number of aromatic nitrogens is 16. The Balaban J connectivity index is 0.000000133. The largest absolute Gasteiger partial charge is 0.416 e. The van der Waals surface area contributed by atoms with Gasteiger partial charge in [-0.25, -0.2) is 59.8 Å². The number of nitro benzene ring substituents is 1. The minimum atomic E-state index is -4.44. The lowest BCUT2D eigenvalue weighted by molar-refractivity contribution is -0.383. The molecule has 1 fully saturated rings. The van der Waals surface area contributed by atoms with Gasteiger partial charge in [-0.1, -0.05) is 50.1 Å². The highest BCUT2D eigenvalue weighted by Gasteiger charge is 2.31. The van der Waals surface area contributed by atoms with E-state index in [4.69, 9.17) is 20.4 Å². The zero-order chi connectivity index (χ0) is 72.9. The first-order valence-electron chi connectivity index (χ1n) is 32.3. The SMILES string of the molecule is CSc1ncnc2c(Cc3ncccc3-c3ncnc4c3ncn4C3CCCCO3)c(C)ccc12.CSc1ncnc2c(N)c(C)c(Br)cc12.Cc1c(Br)cc2c(=O)[nH]cnc2c1[N+](=O)[O-].Cc1ccc2c(Nc3cccc(C(F)(F)F)c3)ncnc2c1Cc1ncccc1-c1ncnc2c1N=CC2. The van der Waals surface area contributed by atoms with E-state index >= 15 is 0 Å². The first kappa shape index (κ1) is 71.7. The van der Waals surface area contributed by atoms with Gasteiger partial charge >= 0.3 is 6.18 Å². The average molecular weight is 1560 g/mol. The molecule has 2 aliphatic rings. The van der Waals surface area contributed by atoms with E-state index in [1.165, 1.54) is 24.0 Å². The number of hydrogen-bond donors (Lipinski definition) is 3. The summed E-state index contributed by atoms with van der Waals surface area (Å²) < 4.78 is 49.2. The van der Waals surface area contributed by atoms with Gasteiger partial charge < -0.3 is 20.8 Å². The summed E-state index contributed by atoms with van der Waals surface area (Å²) in [7, 11) is 0. The molecule has 16 rings (SSSR count). The zero-order valence-electron chi connectivity index (χ0n) is 56.4. The Morgan fingerprint density at radius 1 is 0.663 bits per heavy atom. The van der Waals surface area contributed by atoms with Crippen LogP contribution in [0.3, 0.4) is 0 Å². The van der Waals surface area contributed by atoms with Crippen molar-refractivity contribution in [1.29, 1.82) is 0 Å². The van der Waals surface area contributed by atoms with Gasteiger partial charge in [-0.3, -0.25) is 34.4 Å². The lowest BCUT2D eigenvalue weighted by Crippen LogP contribution is -2.17. The van der Waals surface area contributed by atoms with Crippen molar-refractivity contribution in [3.05, 3.63) is 227 Å². The standard InChI is InChI=1S/C28H20F3N7.C26H25N7OS.C10H10BrN3S.C9H6BrN3O3/c1-16-7-8-20-24(35-15-37-27(20)38-18-5-2-4-17(12-18)28(29,30)31)21(16)13-23-19(6-3-10-32-23)25-26-22(9-11-33-26)34-14-36-25;1-16-8-9-18-22(28-14-31-26(18)35-2)19(16)12-20-17(6-5-10-27-20)23-24-25(30-13-29-23)33(15-32-24)21-7-3-4-11-34-21;1-5-7(11)3-6-9(8(5)12)13-4-14-10(6)15-2;1-4-6(10)2-5-7(8(4)13(15)16)11-3-12-9(5)14/h2-8,10-12,14-15H,9,13H2,1H3,(H,35,37,38);5-6,8-10,13-15,21H,3-4,7,11-12H2,1-2H3;3-4H,12H2,1-2H3;2-3H,1H3,(H,11,12,14). The van der Waals surface area contributed by atoms with Gasteiger partial charge in [0.2, 0.25) is 0 Å². The molecule has 0 bridgehead atoms. The van der Waals surface area contributed by atoms with Gasteiger partial charge in [0.05, 0.1) is 67.8 Å². The number of aromatic amines is 1. The molecule has 0 radical (unpaired) electrons. The van der Waals surface area contributed by atoms with E-state index in [-0.39, 0.29) is 28.5 Å². The minimum absolute atomic E-state index is 0.0338. The first-order valence-corrected chi connectivity index (χ1v) is 36.4. The number of nitrogen functional groups attached to an aromatic ring is 1. The van der Waals surface area contributed by atoms with Gasteiger partial charge in [0.1, 0.15) is 76.3 Å². The van der Waals surface area contributed by atoms with Crippen LogP contribution in [0.2, 0.25) is 0 Å². The van der Waals surface area contributed by atoms with Gasteiger partial charge in [-0.2, -0.15) is 13.2 Å². The normalized spacial score (nSPS) is 13.3. The third-order valence-corrected chi connectivity index (χ3v) is 20.8. The number of pyridine rings is 2. The summed E-state index contributed by atoms with van der Waals surface area (Å²) in [4.78, 5) is 91.2. The first-order chi connectivity index (χ1) is 50.3. The maximum Gasteiger partial charge on any atom is 0.416 e. The second-order valence-corrected chi connectivity index (χ2v) is 27.3. The molecule has 524 valence electrons. The van der Waals surface area contributed by atoms with Crippen molar-refractivity contribution in [3.8, 4) is 22.5 Å². The third kappa shape index (κ3) is 14.8. The smallest absolute Gasteiger partial charge is 0.397 e. The molecule has 104 heavy (non-hydrogen) atoms. The second kappa shape index (κ2) is 31.1. The quantitative estimate of drug-likeness (QED) is 0.0336. The molecule has 1 atom stereocenters. The summed E-state index contributed by atoms with van der Waals surface area (Å²) in [5, 5.41) is 18.9. The monoisotopic (exact) mass is 1560 g/mol. The fourth-order valence-corrected chi connectivity index (χ4v) is 14.3. The molecule has 0 spiro atoms. The van der Waals surface area contributed by atoms with Gasteiger partial charge in [0.25, 0.3) is 11.2 Å². The molecule has 0 saturated carbocycles. The van der Waals surface area contributed by atoms with E-state index in [1.54, 1.807) is 68.0 Å². The number of anilines is 3. The van der Waals surface area contributed by atoms with E-state index in [2.05, 4.69) is 132 Å². The number of rotatable bonds is 12. The van der Waals surface area contributed by atoms with Crippen molar-refractivity contribution in [2.45, 2.75) is 88.7 Å². The number of aryl methyl sites for hydroxylation is 2. The van der Waals surface area contributed by atoms with Crippen molar-refractivity contribution in [1.82, 2.24) is 79.3 Å². The molecule has 5 aromatic carbocycles. The third-order valence-electron chi connectivity index (χ3n) is 17.7. The maximum absolute atomic E-state index is 13.2. The summed E-state index contributed by atoms with van der Waals surface area (Å²) in [6, 6.07) is 24.5. The van der Waals surface area contributed by atoms with Crippen LogP contribution >= 0.6 is 55.4 Å². The Morgan fingerprint density at radius 3 is 1.97 bits per heavy atom. The Bertz CT molecular complexity index is 5750. The summed E-state index contributed by atoms with van der Waals surface area (Å²) in [6.45, 7) is 8.45. The number of fused-ring (bicyclic) bond motifs is 6. The highest BCUT2D eigenvalue weighted by atomic mass is 79.9. The summed E-state index contributed by atoms with van der Waals surface area (Å²) in [5.41, 5.74) is 22.3. The Hall–Kier alpha value is -10.7. The fourth-order valence-electron chi connectivity index (χ4n) is 12.3. The molecule has 1 unspecified atom stereocenters. The van der Waals surface area contributed by atoms with Crippen LogP contribution in [0.15, 0.2) is 170 Å². The number of H-pyrrole nitrogens is 1. The summed E-state index contributed by atoms with van der Waals surface area (Å²) in [5.74, 6) is 0.416.